The van der Waals surface area contributed by atoms with Gasteiger partial charge in [-0.1, -0.05) is 12.1 Å². The van der Waals surface area contributed by atoms with E-state index in [9.17, 15) is 14.9 Å². The maximum atomic E-state index is 11.8. The van der Waals surface area contributed by atoms with Gasteiger partial charge in [-0.2, -0.15) is 0 Å². The zero-order chi connectivity index (χ0) is 14.7. The molecular weight excluding hydrogens is 258 g/mol. The number of benzene rings is 1. The quantitative estimate of drug-likeness (QED) is 0.670. The van der Waals surface area contributed by atoms with Crippen molar-refractivity contribution in [1.29, 1.82) is 0 Å². The average Bonchev–Trinajstić information content (AvgIpc) is 2.88. The van der Waals surface area contributed by atoms with Crippen LogP contribution in [0.25, 0.3) is 0 Å². The smallest absolute Gasteiger partial charge is 0.272 e. The fourth-order valence-corrected chi connectivity index (χ4v) is 2.74. The van der Waals surface area contributed by atoms with Crippen LogP contribution < -0.4 is 5.32 Å². The lowest BCUT2D eigenvalue weighted by Gasteiger charge is -2.23. The highest BCUT2D eigenvalue weighted by Crippen LogP contribution is 2.25. The van der Waals surface area contributed by atoms with E-state index < -0.39 is 0 Å². The highest BCUT2D eigenvalue weighted by Gasteiger charge is 2.30. The fraction of sp³-hybridized carbons (Fsp3) is 0.500. The Morgan fingerprint density at radius 1 is 1.55 bits per heavy atom. The van der Waals surface area contributed by atoms with Crippen LogP contribution >= 0.6 is 0 Å². The molecule has 1 aromatic rings. The minimum absolute atomic E-state index is 0.0191. The molecule has 0 spiro atoms. The first-order chi connectivity index (χ1) is 9.54. The predicted molar refractivity (Wildman–Crippen MR) is 75.3 cm³/mol. The summed E-state index contributed by atoms with van der Waals surface area (Å²) in [5.74, 6) is 0.0191. The highest BCUT2D eigenvalue weighted by atomic mass is 16.6. The summed E-state index contributed by atoms with van der Waals surface area (Å²) in [6, 6.07) is 4.98. The van der Waals surface area contributed by atoms with Crippen molar-refractivity contribution in [3.63, 3.8) is 0 Å². The molecule has 1 heterocycles. The van der Waals surface area contributed by atoms with Gasteiger partial charge in [0.2, 0.25) is 5.91 Å². The number of nitrogens with one attached hydrogen (secondary N) is 1. The van der Waals surface area contributed by atoms with Crippen LogP contribution in [0.15, 0.2) is 18.2 Å². The van der Waals surface area contributed by atoms with Crippen LogP contribution in [0.2, 0.25) is 0 Å². The van der Waals surface area contributed by atoms with Crippen molar-refractivity contribution in [3.8, 4) is 0 Å². The molecule has 20 heavy (non-hydrogen) atoms. The summed E-state index contributed by atoms with van der Waals surface area (Å²) in [6.45, 7) is 3.18. The van der Waals surface area contributed by atoms with Crippen LogP contribution in [0.3, 0.4) is 0 Å². The molecule has 1 aliphatic rings. The Bertz CT molecular complexity index is 530. The first kappa shape index (κ1) is 14.5. The molecule has 108 valence electrons. The molecule has 0 saturated carbocycles. The average molecular weight is 277 g/mol. The first-order valence-corrected chi connectivity index (χ1v) is 6.73. The van der Waals surface area contributed by atoms with Gasteiger partial charge in [0.1, 0.15) is 0 Å². The Kier molecular flexibility index (Phi) is 4.34. The lowest BCUT2D eigenvalue weighted by Crippen LogP contribution is -2.41. The predicted octanol–water partition coefficient (Wildman–Crippen LogP) is 1.61. The van der Waals surface area contributed by atoms with E-state index in [0.29, 0.717) is 12.1 Å². The Morgan fingerprint density at radius 3 is 2.95 bits per heavy atom. The zero-order valence-electron chi connectivity index (χ0n) is 11.8. The van der Waals surface area contributed by atoms with E-state index >= 15 is 0 Å². The molecule has 0 radical (unpaired) electrons. The summed E-state index contributed by atoms with van der Waals surface area (Å²) in [5, 5.41) is 13.6. The minimum Gasteiger partial charge on any atom is -0.358 e. The Hall–Kier alpha value is -1.95. The monoisotopic (exact) mass is 277 g/mol. The van der Waals surface area contributed by atoms with Crippen LogP contribution in [0.1, 0.15) is 24.0 Å². The van der Waals surface area contributed by atoms with Gasteiger partial charge < -0.3 is 5.32 Å². The first-order valence-electron chi connectivity index (χ1n) is 6.73. The molecule has 0 bridgehead atoms. The maximum Gasteiger partial charge on any atom is 0.272 e. The Labute approximate surface area is 117 Å². The molecule has 1 aliphatic heterocycles. The summed E-state index contributed by atoms with van der Waals surface area (Å²) in [5.41, 5.74) is 1.73. The number of likely N-dealkylation sites (tertiary alicyclic amines) is 1. The van der Waals surface area contributed by atoms with E-state index in [0.717, 1.165) is 24.9 Å². The van der Waals surface area contributed by atoms with Crippen LogP contribution in [0.5, 0.6) is 0 Å². The zero-order valence-corrected chi connectivity index (χ0v) is 11.8. The number of nitro benzene ring substituents is 1. The van der Waals surface area contributed by atoms with E-state index in [1.807, 2.05) is 6.07 Å². The van der Waals surface area contributed by atoms with E-state index in [1.54, 1.807) is 20.0 Å². The number of carbonyl (C=O) groups is 1. The molecule has 1 N–H and O–H groups in total. The number of hydrogen-bond acceptors (Lipinski definition) is 4. The van der Waals surface area contributed by atoms with E-state index in [2.05, 4.69) is 10.2 Å². The summed E-state index contributed by atoms with van der Waals surface area (Å²) in [6.07, 6.45) is 1.82. The van der Waals surface area contributed by atoms with Crippen molar-refractivity contribution in [2.24, 2.45) is 0 Å². The Balaban J connectivity index is 2.20. The molecular formula is C14H19N3O3. The normalized spacial score (nSPS) is 19.0. The third kappa shape index (κ3) is 2.80. The standard InChI is InChI=1S/C14H19N3O3/c1-10-11(5-3-6-12(10)17(19)20)9-16-8-4-7-13(16)14(18)15-2/h3,5-6,13H,4,7-9H2,1-2H3,(H,15,18). The number of rotatable bonds is 4. The van der Waals surface area contributed by atoms with Crippen molar-refractivity contribution in [3.05, 3.63) is 39.4 Å². The maximum absolute atomic E-state index is 11.8. The molecule has 6 heteroatoms. The summed E-state index contributed by atoms with van der Waals surface area (Å²) in [4.78, 5) is 24.5. The molecule has 1 fully saturated rings. The number of hydrogen-bond donors (Lipinski definition) is 1. The lowest BCUT2D eigenvalue weighted by atomic mass is 10.1. The van der Waals surface area contributed by atoms with Crippen LogP contribution in [-0.4, -0.2) is 35.4 Å². The number of nitro groups is 1. The van der Waals surface area contributed by atoms with Crippen molar-refractivity contribution < 1.29 is 9.72 Å². The minimum atomic E-state index is -0.362. The SMILES string of the molecule is CNC(=O)C1CCCN1Cc1cccc([N+](=O)[O-])c1C. The molecule has 1 unspecified atom stereocenters. The second-order valence-corrected chi connectivity index (χ2v) is 5.06. The second kappa shape index (κ2) is 6.00. The van der Waals surface area contributed by atoms with Gasteiger partial charge in [0.05, 0.1) is 11.0 Å². The van der Waals surface area contributed by atoms with Gasteiger partial charge >= 0.3 is 0 Å². The molecule has 2 rings (SSSR count). The van der Waals surface area contributed by atoms with Gasteiger partial charge in [-0.3, -0.25) is 19.8 Å². The van der Waals surface area contributed by atoms with Gasteiger partial charge in [-0.25, -0.2) is 0 Å². The fourth-order valence-electron chi connectivity index (χ4n) is 2.74. The van der Waals surface area contributed by atoms with Gasteiger partial charge in [-0.15, -0.1) is 0 Å². The third-order valence-corrected chi connectivity index (χ3v) is 3.90. The number of amides is 1. The van der Waals surface area contributed by atoms with Gasteiger partial charge in [0, 0.05) is 25.2 Å². The van der Waals surface area contributed by atoms with Crippen LogP contribution in [0, 0.1) is 17.0 Å². The van der Waals surface area contributed by atoms with Crippen molar-refractivity contribution in [2.45, 2.75) is 32.4 Å². The van der Waals surface area contributed by atoms with Crippen molar-refractivity contribution >= 4 is 11.6 Å². The van der Waals surface area contributed by atoms with Crippen LogP contribution in [0.4, 0.5) is 5.69 Å². The third-order valence-electron chi connectivity index (χ3n) is 3.90. The molecule has 6 nitrogen and oxygen atoms in total. The van der Waals surface area contributed by atoms with E-state index in [-0.39, 0.29) is 22.6 Å². The van der Waals surface area contributed by atoms with E-state index in [1.165, 1.54) is 6.07 Å². The highest BCUT2D eigenvalue weighted by molar-refractivity contribution is 5.81. The Morgan fingerprint density at radius 2 is 2.30 bits per heavy atom. The van der Waals surface area contributed by atoms with Gasteiger partial charge in [0.15, 0.2) is 0 Å². The summed E-state index contributed by atoms with van der Waals surface area (Å²) < 4.78 is 0. The van der Waals surface area contributed by atoms with Crippen LogP contribution in [-0.2, 0) is 11.3 Å². The topological polar surface area (TPSA) is 75.5 Å². The van der Waals surface area contributed by atoms with Gasteiger partial charge in [0.25, 0.3) is 5.69 Å². The number of likely N-dealkylation sites (N-methyl/N-ethyl adjacent to an activating group) is 1. The number of carbonyl (C=O) groups excluding carboxylic acids is 1. The van der Waals surface area contributed by atoms with Crippen molar-refractivity contribution in [1.82, 2.24) is 10.2 Å². The molecule has 1 saturated heterocycles. The molecule has 1 amide bonds. The van der Waals surface area contributed by atoms with E-state index in [4.69, 9.17) is 0 Å². The second-order valence-electron chi connectivity index (χ2n) is 5.06. The molecule has 0 aromatic heterocycles. The van der Waals surface area contributed by atoms with Crippen molar-refractivity contribution in [2.75, 3.05) is 13.6 Å². The summed E-state index contributed by atoms with van der Waals surface area (Å²) in [7, 11) is 1.64. The largest absolute Gasteiger partial charge is 0.358 e. The molecule has 0 aliphatic carbocycles. The number of nitrogens with zero attached hydrogens (tertiary/aromatic N) is 2. The molecule has 1 aromatic carbocycles. The lowest BCUT2D eigenvalue weighted by molar-refractivity contribution is -0.385. The van der Waals surface area contributed by atoms with Gasteiger partial charge in [-0.05, 0) is 31.9 Å². The molecule has 1 atom stereocenters. The summed E-state index contributed by atoms with van der Waals surface area (Å²) >= 11 is 0.